The van der Waals surface area contributed by atoms with Gasteiger partial charge in [0.25, 0.3) is 11.6 Å². The summed E-state index contributed by atoms with van der Waals surface area (Å²) >= 11 is 1.37. The van der Waals surface area contributed by atoms with Gasteiger partial charge < -0.3 is 4.42 Å². The fourth-order valence-electron chi connectivity index (χ4n) is 4.41. The molecule has 1 saturated carbocycles. The van der Waals surface area contributed by atoms with Gasteiger partial charge in [-0.05, 0) is 60.9 Å². The van der Waals surface area contributed by atoms with Crippen LogP contribution in [0.5, 0.6) is 0 Å². The normalized spacial score (nSPS) is 19.9. The molecule has 1 amide bonds. The number of hydrazone groups is 1. The summed E-state index contributed by atoms with van der Waals surface area (Å²) in [7, 11) is 0. The Morgan fingerprint density at radius 3 is 2.68 bits per heavy atom. The fourth-order valence-corrected chi connectivity index (χ4v) is 5.31. The number of nitro benzene ring substituents is 1. The summed E-state index contributed by atoms with van der Waals surface area (Å²) < 4.78 is 5.80. The van der Waals surface area contributed by atoms with E-state index in [-0.39, 0.29) is 17.1 Å². The van der Waals surface area contributed by atoms with Crippen molar-refractivity contribution in [1.29, 1.82) is 5.41 Å². The quantitative estimate of drug-likeness (QED) is 0.317. The monoisotopic (exact) mass is 477 g/mol. The van der Waals surface area contributed by atoms with Crippen molar-refractivity contribution in [2.24, 2.45) is 16.0 Å². The molecule has 1 aliphatic carbocycles. The van der Waals surface area contributed by atoms with Crippen molar-refractivity contribution < 1.29 is 14.1 Å². The van der Waals surface area contributed by atoms with Gasteiger partial charge in [-0.25, -0.2) is 0 Å². The lowest BCUT2D eigenvalue weighted by Crippen LogP contribution is -2.35. The molecule has 9 nitrogen and oxygen atoms in total. The molecule has 0 spiro atoms. The zero-order valence-corrected chi connectivity index (χ0v) is 19.2. The molecular formula is C24H23N5O4S. The Morgan fingerprint density at radius 2 is 1.94 bits per heavy atom. The molecule has 3 heterocycles. The highest BCUT2D eigenvalue weighted by Crippen LogP contribution is 2.33. The maximum absolute atomic E-state index is 12.6. The highest BCUT2D eigenvalue weighted by Gasteiger charge is 2.35. The van der Waals surface area contributed by atoms with Crippen LogP contribution in [0.25, 0.3) is 17.4 Å². The molecule has 34 heavy (non-hydrogen) atoms. The standard InChI is InChI=1S/C24H23N5O4S/c25-22-19(14-18-11-12-20(33-18)16-7-9-17(10-8-16)29(31)32)23(30)26-24-28(22)27-21(34-24)13-6-15-4-2-1-3-5-15/h7-12,14-15,25H,1-6,13H2/b19-14-,25-22?. The van der Waals surface area contributed by atoms with Crippen LogP contribution in [0.4, 0.5) is 5.69 Å². The third-order valence-electron chi connectivity index (χ3n) is 6.26. The number of aliphatic imine (C=N–C) groups is 1. The molecule has 3 aliphatic rings. The molecule has 1 aromatic heterocycles. The molecule has 10 heteroatoms. The second-order valence-electron chi connectivity index (χ2n) is 8.56. The molecule has 0 saturated heterocycles. The van der Waals surface area contributed by atoms with E-state index in [1.165, 1.54) is 67.1 Å². The Morgan fingerprint density at radius 1 is 1.18 bits per heavy atom. The van der Waals surface area contributed by atoms with Gasteiger partial charge in [0.05, 0.1) is 10.5 Å². The molecule has 5 rings (SSSR count). The lowest BCUT2D eigenvalue weighted by molar-refractivity contribution is -0.384. The fraction of sp³-hybridized carbons (Fsp3) is 0.333. The van der Waals surface area contributed by atoms with Gasteiger partial charge in [-0.1, -0.05) is 32.1 Å². The summed E-state index contributed by atoms with van der Waals surface area (Å²) in [5, 5.41) is 26.7. The van der Waals surface area contributed by atoms with Crippen molar-refractivity contribution in [3.63, 3.8) is 0 Å². The number of fused-ring (bicyclic) bond motifs is 1. The number of carbonyl (C=O) groups excluding carboxylic acids is 1. The topological polar surface area (TPSA) is 125 Å². The Kier molecular flexibility index (Phi) is 6.14. The summed E-state index contributed by atoms with van der Waals surface area (Å²) in [6.45, 7) is 0. The molecule has 1 fully saturated rings. The first-order chi connectivity index (χ1) is 16.5. The molecule has 0 unspecified atom stereocenters. The number of nitro groups is 1. The molecule has 0 atom stereocenters. The van der Waals surface area contributed by atoms with Gasteiger partial charge in [-0.3, -0.25) is 20.3 Å². The lowest BCUT2D eigenvalue weighted by Gasteiger charge is -2.20. The Balaban J connectivity index is 1.30. The third-order valence-corrected chi connectivity index (χ3v) is 7.23. The Bertz CT molecular complexity index is 1240. The number of hydrogen-bond donors (Lipinski definition) is 1. The molecule has 0 radical (unpaired) electrons. The second-order valence-corrected chi connectivity index (χ2v) is 9.60. The molecule has 174 valence electrons. The molecule has 1 aromatic carbocycles. The maximum Gasteiger partial charge on any atom is 0.283 e. The Hall–Kier alpha value is -3.53. The van der Waals surface area contributed by atoms with Crippen molar-refractivity contribution in [3.05, 3.63) is 57.8 Å². The number of amidine groups is 2. The van der Waals surface area contributed by atoms with Crippen molar-refractivity contribution in [2.75, 3.05) is 0 Å². The smallest absolute Gasteiger partial charge is 0.283 e. The van der Waals surface area contributed by atoms with E-state index >= 15 is 0 Å². The highest BCUT2D eigenvalue weighted by atomic mass is 32.2. The van der Waals surface area contributed by atoms with Gasteiger partial charge >= 0.3 is 0 Å². The highest BCUT2D eigenvalue weighted by molar-refractivity contribution is 8.26. The number of nitrogens with zero attached hydrogens (tertiary/aromatic N) is 4. The number of benzene rings is 1. The van der Waals surface area contributed by atoms with E-state index in [9.17, 15) is 14.9 Å². The first-order valence-corrected chi connectivity index (χ1v) is 12.1. The van der Waals surface area contributed by atoms with Gasteiger partial charge in [-0.15, -0.1) is 0 Å². The van der Waals surface area contributed by atoms with Crippen LogP contribution in [-0.2, 0) is 4.79 Å². The SMILES string of the molecule is N=C1/C(=C/c2ccc(-c3ccc([N+](=O)[O-])cc3)o2)C(=O)N=C2SC(CCC3CCCCC3)=NN12. The van der Waals surface area contributed by atoms with E-state index in [0.29, 0.717) is 22.3 Å². The average Bonchev–Trinajstić information content (AvgIpc) is 3.48. The summed E-state index contributed by atoms with van der Waals surface area (Å²) in [6, 6.07) is 9.41. The zero-order chi connectivity index (χ0) is 23.7. The molecule has 1 N–H and O–H groups in total. The van der Waals surface area contributed by atoms with Crippen LogP contribution >= 0.6 is 11.8 Å². The minimum atomic E-state index is -0.499. The van der Waals surface area contributed by atoms with Crippen molar-refractivity contribution in [3.8, 4) is 11.3 Å². The number of furan rings is 1. The predicted octanol–water partition coefficient (Wildman–Crippen LogP) is 5.83. The minimum Gasteiger partial charge on any atom is -0.457 e. The van der Waals surface area contributed by atoms with Crippen LogP contribution in [0.2, 0.25) is 0 Å². The number of non-ortho nitro benzene ring substituents is 1. The molecule has 2 aliphatic heterocycles. The summed E-state index contributed by atoms with van der Waals surface area (Å²) in [6.07, 6.45) is 9.88. The largest absolute Gasteiger partial charge is 0.457 e. The van der Waals surface area contributed by atoms with E-state index < -0.39 is 10.8 Å². The van der Waals surface area contributed by atoms with Gasteiger partial charge in [-0.2, -0.15) is 15.1 Å². The maximum atomic E-state index is 12.6. The van der Waals surface area contributed by atoms with Crippen molar-refractivity contribution >= 4 is 45.5 Å². The van der Waals surface area contributed by atoms with Gasteiger partial charge in [0.1, 0.15) is 16.6 Å². The molecule has 2 aromatic rings. The number of thioether (sulfide) groups is 1. The van der Waals surface area contributed by atoms with Gasteiger partial charge in [0, 0.05) is 17.7 Å². The van der Waals surface area contributed by atoms with Crippen molar-refractivity contribution in [2.45, 2.75) is 44.9 Å². The number of rotatable bonds is 6. The first kappa shape index (κ1) is 22.3. The lowest BCUT2D eigenvalue weighted by atomic mass is 9.86. The van der Waals surface area contributed by atoms with Crippen LogP contribution in [0.3, 0.4) is 0 Å². The molecule has 0 bridgehead atoms. The van der Waals surface area contributed by atoms with E-state index in [1.807, 2.05) is 0 Å². The zero-order valence-electron chi connectivity index (χ0n) is 18.4. The third kappa shape index (κ3) is 4.58. The number of amides is 1. The predicted molar refractivity (Wildman–Crippen MR) is 132 cm³/mol. The van der Waals surface area contributed by atoms with E-state index in [4.69, 9.17) is 9.83 Å². The van der Waals surface area contributed by atoms with Crippen LogP contribution in [0.1, 0.15) is 50.7 Å². The van der Waals surface area contributed by atoms with E-state index in [1.54, 1.807) is 24.3 Å². The van der Waals surface area contributed by atoms with E-state index in [0.717, 1.165) is 23.8 Å². The number of carbonyl (C=O) groups is 1. The first-order valence-electron chi connectivity index (χ1n) is 11.3. The minimum absolute atomic E-state index is 0.00490. The van der Waals surface area contributed by atoms with Crippen LogP contribution < -0.4 is 0 Å². The van der Waals surface area contributed by atoms with Crippen molar-refractivity contribution in [1.82, 2.24) is 5.01 Å². The summed E-state index contributed by atoms with van der Waals surface area (Å²) in [5.41, 5.74) is 0.768. The molecular weight excluding hydrogens is 454 g/mol. The summed E-state index contributed by atoms with van der Waals surface area (Å²) in [5.74, 6) is 1.09. The van der Waals surface area contributed by atoms with Crippen LogP contribution in [0.15, 0.2) is 56.5 Å². The second kappa shape index (κ2) is 9.38. The van der Waals surface area contributed by atoms with Gasteiger partial charge in [0.2, 0.25) is 5.17 Å². The number of hydrogen-bond acceptors (Lipinski definition) is 7. The van der Waals surface area contributed by atoms with Gasteiger partial charge in [0.15, 0.2) is 5.84 Å². The van der Waals surface area contributed by atoms with Crippen LogP contribution in [0, 0.1) is 21.4 Å². The average molecular weight is 478 g/mol. The Labute approximate surface area is 200 Å². The number of nitrogens with one attached hydrogen (secondary N) is 1. The van der Waals surface area contributed by atoms with E-state index in [2.05, 4.69) is 10.1 Å². The van der Waals surface area contributed by atoms with Crippen LogP contribution in [-0.4, -0.2) is 31.9 Å². The summed E-state index contributed by atoms with van der Waals surface area (Å²) in [4.78, 5) is 27.2.